The molecule has 0 N–H and O–H groups in total. The fourth-order valence-corrected chi connectivity index (χ4v) is 3.33. The molecule has 0 radical (unpaired) electrons. The molecule has 1 fully saturated rings. The monoisotopic (exact) mass is 269 g/mol. The van der Waals surface area contributed by atoms with Crippen molar-refractivity contribution < 1.29 is 14.3 Å². The first-order chi connectivity index (χ1) is 8.67. The summed E-state index contributed by atoms with van der Waals surface area (Å²) in [4.78, 5) is 16.2. The van der Waals surface area contributed by atoms with Gasteiger partial charge in [0.05, 0.1) is 19.8 Å². The average molecular weight is 269 g/mol. The van der Waals surface area contributed by atoms with Gasteiger partial charge in [-0.1, -0.05) is 0 Å². The first kappa shape index (κ1) is 13.4. The van der Waals surface area contributed by atoms with E-state index in [1.807, 2.05) is 17.9 Å². The zero-order valence-electron chi connectivity index (χ0n) is 11.1. The summed E-state index contributed by atoms with van der Waals surface area (Å²) in [5.41, 5.74) is 0. The first-order valence-electron chi connectivity index (χ1n) is 6.11. The molecule has 0 spiro atoms. The van der Waals surface area contributed by atoms with Crippen LogP contribution in [-0.2, 0) is 4.74 Å². The summed E-state index contributed by atoms with van der Waals surface area (Å²) < 4.78 is 10.5. The van der Waals surface area contributed by atoms with Gasteiger partial charge in [-0.2, -0.15) is 0 Å². The van der Waals surface area contributed by atoms with E-state index in [1.165, 1.54) is 11.3 Å². The van der Waals surface area contributed by atoms with Gasteiger partial charge in [-0.15, -0.1) is 11.3 Å². The maximum absolute atomic E-state index is 12.5. The molecule has 0 aromatic carbocycles. The number of methoxy groups -OCH3 is 2. The highest BCUT2D eigenvalue weighted by molar-refractivity contribution is 7.14. The van der Waals surface area contributed by atoms with Gasteiger partial charge >= 0.3 is 0 Å². The maximum atomic E-state index is 12.5. The number of likely N-dealkylation sites (tertiary alicyclic amines) is 1. The zero-order chi connectivity index (χ0) is 13.1. The van der Waals surface area contributed by atoms with Crippen LogP contribution >= 0.6 is 11.3 Å². The highest BCUT2D eigenvalue weighted by Crippen LogP contribution is 2.32. The molecule has 1 aromatic heterocycles. The Balaban J connectivity index is 2.19. The summed E-state index contributed by atoms with van der Waals surface area (Å²) in [5, 5.41) is 0. The molecule has 2 heterocycles. The Morgan fingerprint density at radius 1 is 1.56 bits per heavy atom. The van der Waals surface area contributed by atoms with Gasteiger partial charge in [-0.25, -0.2) is 0 Å². The van der Waals surface area contributed by atoms with E-state index < -0.39 is 0 Å². The third kappa shape index (κ3) is 2.52. The quantitative estimate of drug-likeness (QED) is 0.842. The minimum Gasteiger partial charge on any atom is -0.495 e. The van der Waals surface area contributed by atoms with Crippen LogP contribution in [0, 0.1) is 6.92 Å². The molecule has 18 heavy (non-hydrogen) atoms. The largest absolute Gasteiger partial charge is 0.495 e. The van der Waals surface area contributed by atoms with Gasteiger partial charge in [-0.3, -0.25) is 4.79 Å². The molecule has 1 saturated heterocycles. The molecule has 1 atom stereocenters. The lowest BCUT2D eigenvalue weighted by Crippen LogP contribution is -2.37. The maximum Gasteiger partial charge on any atom is 0.268 e. The fourth-order valence-electron chi connectivity index (χ4n) is 2.39. The summed E-state index contributed by atoms with van der Waals surface area (Å²) in [6, 6.07) is 2.12. The second-order valence-electron chi connectivity index (χ2n) is 4.50. The van der Waals surface area contributed by atoms with E-state index in [2.05, 4.69) is 0 Å². The number of thiophene rings is 1. The molecular weight excluding hydrogens is 250 g/mol. The minimum atomic E-state index is 0.0736. The van der Waals surface area contributed by atoms with Crippen molar-refractivity contribution in [1.82, 2.24) is 4.90 Å². The zero-order valence-corrected chi connectivity index (χ0v) is 11.9. The van der Waals surface area contributed by atoms with Crippen LogP contribution < -0.4 is 4.74 Å². The predicted molar refractivity (Wildman–Crippen MR) is 71.5 cm³/mol. The molecule has 1 aliphatic rings. The summed E-state index contributed by atoms with van der Waals surface area (Å²) >= 11 is 1.50. The Hall–Kier alpha value is -1.07. The molecule has 1 amide bonds. The molecule has 0 bridgehead atoms. The van der Waals surface area contributed by atoms with Crippen LogP contribution in [-0.4, -0.2) is 44.2 Å². The van der Waals surface area contributed by atoms with Crippen molar-refractivity contribution in [3.63, 3.8) is 0 Å². The normalized spacial score (nSPS) is 19.3. The van der Waals surface area contributed by atoms with Gasteiger partial charge in [-0.05, 0) is 25.8 Å². The van der Waals surface area contributed by atoms with Gasteiger partial charge in [0.15, 0.2) is 0 Å². The summed E-state index contributed by atoms with van der Waals surface area (Å²) in [7, 11) is 3.28. The lowest BCUT2D eigenvalue weighted by molar-refractivity contribution is 0.0632. The van der Waals surface area contributed by atoms with Gasteiger partial charge in [0.25, 0.3) is 5.91 Å². The Bertz CT molecular complexity index is 430. The Morgan fingerprint density at radius 3 is 3.00 bits per heavy atom. The second kappa shape index (κ2) is 5.71. The van der Waals surface area contributed by atoms with Crippen LogP contribution in [0.5, 0.6) is 5.75 Å². The third-order valence-corrected chi connectivity index (χ3v) is 4.25. The minimum absolute atomic E-state index is 0.0736. The van der Waals surface area contributed by atoms with E-state index >= 15 is 0 Å². The third-order valence-electron chi connectivity index (χ3n) is 3.23. The molecular formula is C13H19NO3S. The first-order valence-corrected chi connectivity index (χ1v) is 6.93. The van der Waals surface area contributed by atoms with Crippen LogP contribution in [0.15, 0.2) is 6.07 Å². The van der Waals surface area contributed by atoms with Gasteiger partial charge in [0, 0.05) is 18.5 Å². The van der Waals surface area contributed by atoms with E-state index in [0.29, 0.717) is 17.2 Å². The van der Waals surface area contributed by atoms with Crippen LogP contribution in [0.4, 0.5) is 0 Å². The van der Waals surface area contributed by atoms with Gasteiger partial charge < -0.3 is 14.4 Å². The van der Waals surface area contributed by atoms with Crippen molar-refractivity contribution in [2.45, 2.75) is 25.8 Å². The molecule has 0 unspecified atom stereocenters. The van der Waals surface area contributed by atoms with Crippen LogP contribution in [0.25, 0.3) is 0 Å². The van der Waals surface area contributed by atoms with Crippen LogP contribution in [0.1, 0.15) is 27.4 Å². The molecule has 2 rings (SSSR count). The Labute approximate surface area is 111 Å². The molecule has 0 saturated carbocycles. The number of amides is 1. The van der Waals surface area contributed by atoms with E-state index in [1.54, 1.807) is 14.2 Å². The van der Waals surface area contributed by atoms with E-state index in [0.717, 1.165) is 24.3 Å². The summed E-state index contributed by atoms with van der Waals surface area (Å²) in [5.74, 6) is 0.759. The fraction of sp³-hybridized carbons (Fsp3) is 0.615. The van der Waals surface area contributed by atoms with Crippen molar-refractivity contribution >= 4 is 17.2 Å². The lowest BCUT2D eigenvalue weighted by Gasteiger charge is -2.23. The topological polar surface area (TPSA) is 38.8 Å². The van der Waals surface area contributed by atoms with Crippen molar-refractivity contribution in [3.8, 4) is 5.75 Å². The second-order valence-corrected chi connectivity index (χ2v) is 5.76. The predicted octanol–water partition coefficient (Wildman–Crippen LogP) is 2.32. The molecule has 100 valence electrons. The molecule has 5 heteroatoms. The van der Waals surface area contributed by atoms with Crippen molar-refractivity contribution in [1.29, 1.82) is 0 Å². The number of rotatable bonds is 4. The number of carbonyl (C=O) groups is 1. The molecule has 1 aliphatic heterocycles. The number of carbonyl (C=O) groups excluding carboxylic acids is 1. The van der Waals surface area contributed by atoms with Gasteiger partial charge in [0.2, 0.25) is 0 Å². The molecule has 4 nitrogen and oxygen atoms in total. The number of ether oxygens (including phenoxy) is 2. The number of aryl methyl sites for hydroxylation is 1. The smallest absolute Gasteiger partial charge is 0.268 e. The van der Waals surface area contributed by atoms with Gasteiger partial charge in [0.1, 0.15) is 10.6 Å². The van der Waals surface area contributed by atoms with Crippen LogP contribution in [0.2, 0.25) is 0 Å². The Morgan fingerprint density at radius 2 is 2.33 bits per heavy atom. The van der Waals surface area contributed by atoms with E-state index in [9.17, 15) is 4.79 Å². The van der Waals surface area contributed by atoms with E-state index in [-0.39, 0.29) is 11.9 Å². The van der Waals surface area contributed by atoms with Crippen LogP contribution in [0.3, 0.4) is 0 Å². The Kier molecular flexibility index (Phi) is 4.24. The summed E-state index contributed by atoms with van der Waals surface area (Å²) in [6.45, 7) is 3.41. The van der Waals surface area contributed by atoms with Crippen molar-refractivity contribution in [2.24, 2.45) is 0 Å². The highest BCUT2D eigenvalue weighted by Gasteiger charge is 2.31. The number of nitrogens with zero attached hydrogens (tertiary/aromatic N) is 1. The number of hydrogen-bond donors (Lipinski definition) is 0. The van der Waals surface area contributed by atoms with Crippen molar-refractivity contribution in [3.05, 3.63) is 15.8 Å². The molecule has 0 aliphatic carbocycles. The average Bonchev–Trinajstić information content (AvgIpc) is 2.95. The van der Waals surface area contributed by atoms with E-state index in [4.69, 9.17) is 9.47 Å². The highest BCUT2D eigenvalue weighted by atomic mass is 32.1. The number of hydrogen-bond acceptors (Lipinski definition) is 4. The van der Waals surface area contributed by atoms with Crippen molar-refractivity contribution in [2.75, 3.05) is 27.4 Å². The SMILES string of the molecule is COC[C@H]1CCCN1C(=O)c1sc(C)cc1OC. The molecule has 1 aromatic rings. The summed E-state index contributed by atoms with van der Waals surface area (Å²) in [6.07, 6.45) is 2.07. The lowest BCUT2D eigenvalue weighted by atomic mass is 10.2. The standard InChI is InChI=1S/C13H19NO3S/c1-9-7-11(17-3)12(18-9)13(15)14-6-4-5-10(14)8-16-2/h7,10H,4-6,8H2,1-3H3/t10-/m1/s1.